The van der Waals surface area contributed by atoms with Crippen molar-refractivity contribution >= 4 is 11.8 Å². The molecule has 2 amide bonds. The number of piperazine rings is 1. The molecule has 2 fully saturated rings. The number of hydrogen-bond acceptors (Lipinski definition) is 3. The number of carbonyl (C=O) groups is 2. The molecule has 2 saturated heterocycles. The van der Waals surface area contributed by atoms with Crippen LogP contribution in [0.5, 0.6) is 0 Å². The number of likely N-dealkylation sites (tertiary alicyclic amines) is 1. The average molecular weight is 319 g/mol. The fraction of sp³-hybridized carbons (Fsp3) is 0.529. The van der Waals surface area contributed by atoms with Crippen LogP contribution in [0, 0.1) is 5.82 Å². The van der Waals surface area contributed by atoms with Gasteiger partial charge in [-0.1, -0.05) is 12.1 Å². The third-order valence-corrected chi connectivity index (χ3v) is 4.70. The van der Waals surface area contributed by atoms with Gasteiger partial charge in [-0.2, -0.15) is 0 Å². The number of amides is 2. The highest BCUT2D eigenvalue weighted by molar-refractivity contribution is 5.88. The first kappa shape index (κ1) is 15.9. The van der Waals surface area contributed by atoms with Gasteiger partial charge >= 0.3 is 0 Å². The number of nitrogens with one attached hydrogen (secondary N) is 1. The molecule has 0 bridgehead atoms. The Morgan fingerprint density at radius 1 is 1.26 bits per heavy atom. The zero-order valence-electron chi connectivity index (χ0n) is 13.3. The molecule has 5 nitrogen and oxygen atoms in total. The van der Waals surface area contributed by atoms with Crippen LogP contribution < -0.4 is 5.32 Å². The van der Waals surface area contributed by atoms with Crippen LogP contribution in [0.4, 0.5) is 4.39 Å². The lowest BCUT2D eigenvalue weighted by atomic mass is 10.0. The summed E-state index contributed by atoms with van der Waals surface area (Å²) >= 11 is 0. The first-order valence-electron chi connectivity index (χ1n) is 8.12. The molecule has 0 radical (unpaired) electrons. The first-order chi connectivity index (χ1) is 11.1. The molecule has 1 N–H and O–H groups in total. The number of carbonyl (C=O) groups excluding carboxylic acids is 2. The Morgan fingerprint density at radius 3 is 2.83 bits per heavy atom. The third kappa shape index (κ3) is 3.22. The van der Waals surface area contributed by atoms with E-state index in [1.165, 1.54) is 19.1 Å². The maximum atomic E-state index is 13.5. The predicted octanol–water partition coefficient (Wildman–Crippen LogP) is 1.31. The molecule has 3 rings (SSSR count). The summed E-state index contributed by atoms with van der Waals surface area (Å²) in [4.78, 5) is 28.2. The standard InChI is InChI=1S/C17H22FN3O2/c1-12(22)20-8-3-6-15(20)17(23)21-9-7-19-11-16(21)13-4-2-5-14(18)10-13/h2,4-5,10,15-16,19H,3,6-9,11H2,1H3. The van der Waals surface area contributed by atoms with Gasteiger partial charge in [0.25, 0.3) is 0 Å². The van der Waals surface area contributed by atoms with Crippen molar-refractivity contribution in [2.45, 2.75) is 31.8 Å². The zero-order valence-corrected chi connectivity index (χ0v) is 13.3. The Balaban J connectivity index is 1.83. The van der Waals surface area contributed by atoms with E-state index in [-0.39, 0.29) is 29.7 Å². The Bertz CT molecular complexity index is 607. The lowest BCUT2D eigenvalue weighted by molar-refractivity contribution is -0.145. The summed E-state index contributed by atoms with van der Waals surface area (Å²) in [5.74, 6) is -0.376. The molecule has 1 aromatic rings. The molecule has 23 heavy (non-hydrogen) atoms. The Kier molecular flexibility index (Phi) is 4.61. The SMILES string of the molecule is CC(=O)N1CCCC1C(=O)N1CCNCC1c1cccc(F)c1. The van der Waals surface area contributed by atoms with Crippen molar-refractivity contribution in [1.82, 2.24) is 15.1 Å². The lowest BCUT2D eigenvalue weighted by Crippen LogP contribution is -2.54. The van der Waals surface area contributed by atoms with E-state index in [0.717, 1.165) is 12.0 Å². The topological polar surface area (TPSA) is 52.7 Å². The van der Waals surface area contributed by atoms with Gasteiger partial charge in [-0.05, 0) is 30.5 Å². The maximum absolute atomic E-state index is 13.5. The maximum Gasteiger partial charge on any atom is 0.245 e. The van der Waals surface area contributed by atoms with E-state index in [1.807, 2.05) is 6.07 Å². The minimum atomic E-state index is -0.373. The molecular formula is C17H22FN3O2. The van der Waals surface area contributed by atoms with Crippen molar-refractivity contribution in [3.8, 4) is 0 Å². The Labute approximate surface area is 135 Å². The van der Waals surface area contributed by atoms with E-state index in [1.54, 1.807) is 15.9 Å². The molecule has 2 aliphatic heterocycles. The van der Waals surface area contributed by atoms with Crippen LogP contribution in [0.3, 0.4) is 0 Å². The molecule has 0 aromatic heterocycles. The molecule has 6 heteroatoms. The largest absolute Gasteiger partial charge is 0.331 e. The van der Waals surface area contributed by atoms with Crippen LogP contribution in [0.25, 0.3) is 0 Å². The van der Waals surface area contributed by atoms with E-state index >= 15 is 0 Å². The number of halogens is 1. The summed E-state index contributed by atoms with van der Waals surface area (Å²) in [6, 6.07) is 5.83. The fourth-order valence-electron chi connectivity index (χ4n) is 3.57. The second kappa shape index (κ2) is 6.66. The molecule has 2 heterocycles. The fourth-order valence-corrected chi connectivity index (χ4v) is 3.57. The molecule has 0 saturated carbocycles. The number of hydrogen-bond donors (Lipinski definition) is 1. The van der Waals surface area contributed by atoms with E-state index in [4.69, 9.17) is 0 Å². The van der Waals surface area contributed by atoms with Crippen molar-refractivity contribution in [2.75, 3.05) is 26.2 Å². The summed E-state index contributed by atoms with van der Waals surface area (Å²) < 4.78 is 13.5. The van der Waals surface area contributed by atoms with Gasteiger partial charge in [0.2, 0.25) is 11.8 Å². The van der Waals surface area contributed by atoms with Gasteiger partial charge in [0.05, 0.1) is 6.04 Å². The minimum absolute atomic E-state index is 0.0199. The van der Waals surface area contributed by atoms with Crippen molar-refractivity contribution in [3.05, 3.63) is 35.6 Å². The van der Waals surface area contributed by atoms with Crippen LogP contribution in [0.15, 0.2) is 24.3 Å². The first-order valence-corrected chi connectivity index (χ1v) is 8.12. The van der Waals surface area contributed by atoms with E-state index < -0.39 is 0 Å². The number of nitrogens with zero attached hydrogens (tertiary/aromatic N) is 2. The van der Waals surface area contributed by atoms with Crippen molar-refractivity contribution in [2.24, 2.45) is 0 Å². The minimum Gasteiger partial charge on any atom is -0.331 e. The van der Waals surface area contributed by atoms with Crippen LogP contribution in [0.1, 0.15) is 31.4 Å². The number of rotatable bonds is 2. The van der Waals surface area contributed by atoms with E-state index in [2.05, 4.69) is 5.32 Å². The molecule has 2 atom stereocenters. The molecule has 2 unspecified atom stereocenters. The molecule has 0 aliphatic carbocycles. The Hall–Kier alpha value is -1.95. The second-order valence-electron chi connectivity index (χ2n) is 6.18. The number of benzene rings is 1. The van der Waals surface area contributed by atoms with Gasteiger partial charge < -0.3 is 15.1 Å². The molecular weight excluding hydrogens is 297 g/mol. The van der Waals surface area contributed by atoms with E-state index in [0.29, 0.717) is 32.6 Å². The van der Waals surface area contributed by atoms with Gasteiger partial charge in [0.15, 0.2) is 0 Å². The van der Waals surface area contributed by atoms with Crippen molar-refractivity contribution in [1.29, 1.82) is 0 Å². The van der Waals surface area contributed by atoms with Crippen LogP contribution >= 0.6 is 0 Å². The van der Waals surface area contributed by atoms with Crippen LogP contribution in [-0.4, -0.2) is 53.8 Å². The summed E-state index contributed by atoms with van der Waals surface area (Å²) in [6.07, 6.45) is 1.56. The molecule has 0 spiro atoms. The van der Waals surface area contributed by atoms with Gasteiger partial charge in [0.1, 0.15) is 11.9 Å². The molecule has 1 aromatic carbocycles. The van der Waals surface area contributed by atoms with Crippen LogP contribution in [-0.2, 0) is 9.59 Å². The third-order valence-electron chi connectivity index (χ3n) is 4.70. The monoisotopic (exact) mass is 319 g/mol. The summed E-state index contributed by atoms with van der Waals surface area (Å²) in [5, 5.41) is 3.27. The van der Waals surface area contributed by atoms with Crippen LogP contribution in [0.2, 0.25) is 0 Å². The smallest absolute Gasteiger partial charge is 0.245 e. The highest BCUT2D eigenvalue weighted by Gasteiger charge is 2.38. The average Bonchev–Trinajstić information content (AvgIpc) is 3.04. The van der Waals surface area contributed by atoms with Gasteiger partial charge in [-0.15, -0.1) is 0 Å². The quantitative estimate of drug-likeness (QED) is 0.894. The second-order valence-corrected chi connectivity index (χ2v) is 6.18. The molecule has 124 valence electrons. The lowest BCUT2D eigenvalue weighted by Gasteiger charge is -2.39. The highest BCUT2D eigenvalue weighted by atomic mass is 19.1. The Morgan fingerprint density at radius 2 is 2.09 bits per heavy atom. The van der Waals surface area contributed by atoms with Crippen molar-refractivity contribution in [3.63, 3.8) is 0 Å². The summed E-state index contributed by atoms with van der Waals surface area (Å²) in [6.45, 7) is 4.03. The summed E-state index contributed by atoms with van der Waals surface area (Å²) in [7, 11) is 0. The van der Waals surface area contributed by atoms with Gasteiger partial charge in [-0.3, -0.25) is 9.59 Å². The predicted molar refractivity (Wildman–Crippen MR) is 84.1 cm³/mol. The van der Waals surface area contributed by atoms with E-state index in [9.17, 15) is 14.0 Å². The zero-order chi connectivity index (χ0) is 16.4. The van der Waals surface area contributed by atoms with Gasteiger partial charge in [0, 0.05) is 33.1 Å². The normalized spacial score (nSPS) is 24.8. The van der Waals surface area contributed by atoms with Crippen molar-refractivity contribution < 1.29 is 14.0 Å². The van der Waals surface area contributed by atoms with Gasteiger partial charge in [-0.25, -0.2) is 4.39 Å². The molecule has 2 aliphatic rings. The highest BCUT2D eigenvalue weighted by Crippen LogP contribution is 2.27. The summed E-state index contributed by atoms with van der Waals surface area (Å²) in [5.41, 5.74) is 0.790.